The van der Waals surface area contributed by atoms with Crippen LogP contribution in [-0.2, 0) is 19.3 Å². The zero-order valence-electron chi connectivity index (χ0n) is 45.6. The van der Waals surface area contributed by atoms with Gasteiger partial charge in [-0.15, -0.1) is 0 Å². The molecule has 0 spiro atoms. The van der Waals surface area contributed by atoms with Crippen molar-refractivity contribution >= 4 is 40.3 Å². The predicted molar refractivity (Wildman–Crippen MR) is 294 cm³/mol. The summed E-state index contributed by atoms with van der Waals surface area (Å²) in [6.45, 7) is 20.7. The molecule has 6 N–H and O–H groups in total. The van der Waals surface area contributed by atoms with Gasteiger partial charge in [0.1, 0.15) is 24.3 Å². The maximum atomic E-state index is 14.0. The molecule has 3 aromatic rings. The Morgan fingerprint density at radius 2 is 1.09 bits per heavy atom. The highest BCUT2D eigenvalue weighted by molar-refractivity contribution is 14.1. The second kappa shape index (κ2) is 22.4. The molecular weight excluding hydrogens is 1050 g/mol. The summed E-state index contributed by atoms with van der Waals surface area (Å²) >= 11 is 2.28. The first-order valence-corrected chi connectivity index (χ1v) is 28.2. The number of carbonyl (C=O) groups is 3. The first kappa shape index (κ1) is 56.7. The van der Waals surface area contributed by atoms with Crippen LogP contribution >= 0.6 is 22.6 Å². The lowest BCUT2D eigenvalue weighted by molar-refractivity contribution is -0.197. The number of carbonyl (C=O) groups excluding carboxylic acids is 3. The standard InChI is InChI=1S/C34H47N3O5.C25H37IN2O4/c1-19-27-16-26(34(27,4)5)17-28(19)35-32(40)31-30(21(3)39)29(18-38)42-37(31)20(2)24-9-8-10-25(15-24)22-11-13-23(14-12-22)33(41)36(6)7;1-13-19-10-17(25(19,4)5)11-20(13)27-24(31)23-22(15(3)30)21(12-29)32-28(23)14(2)16-7-6-8-18(26)9-16/h8-15,19-21,26-31,38-39H,16-18H2,1-7H3,(H,35,40);6-9,13-15,17,19-23,29-30H,10-12H2,1-5H3,(H,27,31)/t19-,20?,21-,26+,27-,28-,29-,30+,31-;13-,14?,15-,17+,19-,20?,21-,22+,23-/m00/s1. The molecule has 8 fully saturated rings. The number of nitrogens with zero attached hydrogens (tertiary/aromatic N) is 3. The van der Waals surface area contributed by atoms with Crippen molar-refractivity contribution in [2.45, 2.75) is 156 Å². The van der Waals surface area contributed by atoms with Crippen molar-refractivity contribution in [3.63, 3.8) is 0 Å². The van der Waals surface area contributed by atoms with Gasteiger partial charge in [-0.1, -0.05) is 84.0 Å². The normalized spacial score (nSPS) is 34.4. The Hall–Kier alpha value is -3.52. The van der Waals surface area contributed by atoms with Crippen LogP contribution in [0.2, 0.25) is 0 Å². The number of hydroxylamine groups is 4. The smallest absolute Gasteiger partial charge is 0.253 e. The van der Waals surface area contributed by atoms with Gasteiger partial charge in [0.25, 0.3) is 5.91 Å². The minimum Gasteiger partial charge on any atom is -0.394 e. The maximum absolute atomic E-state index is 14.0. The molecule has 4 bridgehead atoms. The molecule has 6 aliphatic carbocycles. The van der Waals surface area contributed by atoms with Gasteiger partial charge in [-0.3, -0.25) is 24.1 Å². The summed E-state index contributed by atoms with van der Waals surface area (Å²) in [6, 6.07) is 22.0. The molecule has 3 unspecified atom stereocenters. The molecule has 2 heterocycles. The minimum absolute atomic E-state index is 0.0473. The number of aliphatic hydroxyl groups excluding tert-OH is 4. The molecule has 15 heteroatoms. The Kier molecular flexibility index (Phi) is 17.2. The summed E-state index contributed by atoms with van der Waals surface area (Å²) in [5.41, 5.74) is 5.22. The lowest BCUT2D eigenvalue weighted by Crippen LogP contribution is -2.62. The topological polar surface area (TPSA) is 184 Å². The molecular formula is C59H84IN5O9. The van der Waals surface area contributed by atoms with Gasteiger partial charge in [0.2, 0.25) is 11.8 Å². The van der Waals surface area contributed by atoms with Crippen LogP contribution in [0.25, 0.3) is 11.1 Å². The molecule has 2 aliphatic heterocycles. The fourth-order valence-corrected chi connectivity index (χ4v) is 14.9. The van der Waals surface area contributed by atoms with Crippen LogP contribution in [0.1, 0.15) is 128 Å². The highest BCUT2D eigenvalue weighted by Gasteiger charge is 2.59. The van der Waals surface area contributed by atoms with Gasteiger partial charge in [0.05, 0.1) is 37.5 Å². The highest BCUT2D eigenvalue weighted by atomic mass is 127. The third-order valence-corrected chi connectivity index (χ3v) is 20.0. The number of rotatable bonds is 14. The molecule has 3 aromatic carbocycles. The molecule has 3 amide bonds. The van der Waals surface area contributed by atoms with Crippen LogP contribution in [0.3, 0.4) is 0 Å². The number of halogens is 1. The number of aliphatic hydroxyl groups is 4. The second-order valence-corrected chi connectivity index (χ2v) is 25.6. The summed E-state index contributed by atoms with van der Waals surface area (Å²) in [4.78, 5) is 54.0. The van der Waals surface area contributed by atoms with Gasteiger partial charge in [-0.25, -0.2) is 0 Å². The van der Waals surface area contributed by atoms with Gasteiger partial charge in [0.15, 0.2) is 0 Å². The monoisotopic (exact) mass is 1130 g/mol. The highest BCUT2D eigenvalue weighted by Crippen LogP contribution is 2.62. The quantitative estimate of drug-likeness (QED) is 0.0867. The van der Waals surface area contributed by atoms with E-state index in [1.165, 1.54) is 12.8 Å². The number of amides is 3. The first-order valence-electron chi connectivity index (χ1n) is 27.2. The van der Waals surface area contributed by atoms with Crippen molar-refractivity contribution in [1.29, 1.82) is 0 Å². The van der Waals surface area contributed by atoms with E-state index in [1.807, 2.05) is 74.5 Å². The van der Waals surface area contributed by atoms with E-state index in [2.05, 4.69) is 86.9 Å². The van der Waals surface area contributed by atoms with Crippen LogP contribution in [0.15, 0.2) is 72.8 Å². The fraction of sp³-hybridized carbons (Fsp3) is 0.644. The molecule has 406 valence electrons. The van der Waals surface area contributed by atoms with Crippen LogP contribution < -0.4 is 10.6 Å². The van der Waals surface area contributed by atoms with Gasteiger partial charge in [0, 0.05) is 47.1 Å². The molecule has 0 radical (unpaired) electrons. The second-order valence-electron chi connectivity index (χ2n) is 24.3. The Balaban J connectivity index is 0.000000204. The van der Waals surface area contributed by atoms with E-state index < -0.39 is 48.3 Å². The van der Waals surface area contributed by atoms with Crippen molar-refractivity contribution in [2.75, 3.05) is 27.3 Å². The van der Waals surface area contributed by atoms with Gasteiger partial charge < -0.3 is 36.0 Å². The lowest BCUT2D eigenvalue weighted by Gasteiger charge is -2.62. The molecule has 74 heavy (non-hydrogen) atoms. The number of nitrogens with one attached hydrogen (secondary N) is 2. The maximum Gasteiger partial charge on any atom is 0.253 e. The van der Waals surface area contributed by atoms with Gasteiger partial charge >= 0.3 is 0 Å². The van der Waals surface area contributed by atoms with E-state index in [9.17, 15) is 34.8 Å². The summed E-state index contributed by atoms with van der Waals surface area (Å²) in [5.74, 6) is 1.87. The van der Waals surface area contributed by atoms with E-state index in [0.29, 0.717) is 51.9 Å². The number of fused-ring (bicyclic) bond motifs is 4. The molecule has 18 atom stereocenters. The molecule has 0 aromatic heterocycles. The summed E-state index contributed by atoms with van der Waals surface area (Å²) in [5, 5.41) is 51.6. The van der Waals surface area contributed by atoms with Crippen molar-refractivity contribution in [3.8, 4) is 11.1 Å². The van der Waals surface area contributed by atoms with Crippen LogP contribution in [0.5, 0.6) is 0 Å². The molecule has 11 rings (SSSR count). The van der Waals surface area contributed by atoms with E-state index in [4.69, 9.17) is 9.68 Å². The van der Waals surface area contributed by atoms with Crippen LogP contribution in [0, 0.1) is 61.7 Å². The van der Waals surface area contributed by atoms with Crippen molar-refractivity contribution in [3.05, 3.63) is 93.1 Å². The number of benzene rings is 3. The summed E-state index contributed by atoms with van der Waals surface area (Å²) in [6.07, 6.45) is 1.50. The van der Waals surface area contributed by atoms with E-state index in [1.54, 1.807) is 43.0 Å². The van der Waals surface area contributed by atoms with Crippen molar-refractivity contribution in [2.24, 2.45) is 58.2 Å². The lowest BCUT2D eigenvalue weighted by atomic mass is 9.45. The molecule has 8 aliphatic rings. The van der Waals surface area contributed by atoms with E-state index in [0.717, 1.165) is 38.7 Å². The average molecular weight is 1130 g/mol. The summed E-state index contributed by atoms with van der Waals surface area (Å²) < 4.78 is 1.11. The summed E-state index contributed by atoms with van der Waals surface area (Å²) in [7, 11) is 3.47. The van der Waals surface area contributed by atoms with Gasteiger partial charge in [-0.2, -0.15) is 10.1 Å². The minimum atomic E-state index is -0.846. The first-order chi connectivity index (χ1) is 34.9. The van der Waals surface area contributed by atoms with Gasteiger partial charge in [-0.05, 0) is 175 Å². The van der Waals surface area contributed by atoms with Crippen LogP contribution in [0.4, 0.5) is 0 Å². The van der Waals surface area contributed by atoms with Crippen molar-refractivity contribution < 1.29 is 44.5 Å². The zero-order valence-corrected chi connectivity index (χ0v) is 47.8. The van der Waals surface area contributed by atoms with E-state index >= 15 is 0 Å². The predicted octanol–water partition coefficient (Wildman–Crippen LogP) is 7.79. The van der Waals surface area contributed by atoms with Crippen molar-refractivity contribution in [1.82, 2.24) is 25.7 Å². The third kappa shape index (κ3) is 10.7. The van der Waals surface area contributed by atoms with Crippen LogP contribution in [-0.4, -0.2) is 129 Å². The zero-order chi connectivity index (χ0) is 53.9. The average Bonchev–Trinajstić information content (AvgIpc) is 3.97. The third-order valence-electron chi connectivity index (χ3n) is 19.4. The molecule has 6 saturated carbocycles. The Morgan fingerprint density at radius 1 is 0.662 bits per heavy atom. The van der Waals surface area contributed by atoms with E-state index in [-0.39, 0.29) is 55.1 Å². The Labute approximate surface area is 453 Å². The number of hydrogen-bond acceptors (Lipinski definition) is 11. The fourth-order valence-electron chi connectivity index (χ4n) is 14.4. The Bertz CT molecular complexity index is 2470. The number of hydrogen-bond donors (Lipinski definition) is 6. The SMILES string of the molecule is CC(c1cccc(-c2ccc(C(=O)N(C)C)cc2)c1)N1O[C@@H](CO)[C@@H]([C@H](C)O)[C@H]1C(=O)N[C@H]1C[C@H]2C[C@@H]([C@@H]1C)C2(C)C.CC(c1cccc(I)c1)N1O[C@@H](CO)[C@@H]([C@H](C)O)[C@H]1C(=O)NC1C[C@H]2C[C@@H]([C@@H]1C)C2(C)C. The largest absolute Gasteiger partial charge is 0.394 e. The molecule has 2 saturated heterocycles. The molecule has 14 nitrogen and oxygen atoms in total. The Morgan fingerprint density at radius 3 is 1.47 bits per heavy atom.